The van der Waals surface area contributed by atoms with Gasteiger partial charge in [-0.05, 0) is 19.1 Å². The Bertz CT molecular complexity index is 575. The Morgan fingerprint density at radius 2 is 2.22 bits per heavy atom. The van der Waals surface area contributed by atoms with Gasteiger partial charge in [0.05, 0.1) is 11.9 Å². The number of aryl methyl sites for hydroxylation is 1. The van der Waals surface area contributed by atoms with Crippen molar-refractivity contribution < 1.29 is 0 Å². The molecule has 0 amide bonds. The highest BCUT2D eigenvalue weighted by atomic mass is 15.2. The molecule has 1 N–H and O–H groups in total. The molecular weight excluding hydrogens is 228 g/mol. The third-order valence-electron chi connectivity index (χ3n) is 2.39. The maximum atomic E-state index is 8.61. The molecular formula is C12H12N6. The molecule has 90 valence electrons. The van der Waals surface area contributed by atoms with Crippen molar-refractivity contribution in [2.24, 2.45) is 0 Å². The average Bonchev–Trinajstić information content (AvgIpc) is 2.38. The number of nitrogens with one attached hydrogen (secondary N) is 1. The van der Waals surface area contributed by atoms with E-state index in [1.807, 2.05) is 30.3 Å². The average molecular weight is 240 g/mol. The van der Waals surface area contributed by atoms with Crippen LogP contribution >= 0.6 is 0 Å². The lowest BCUT2D eigenvalue weighted by molar-refractivity contribution is 1.01. The van der Waals surface area contributed by atoms with Crippen molar-refractivity contribution in [1.82, 2.24) is 15.0 Å². The maximum Gasteiger partial charge on any atom is 0.182 e. The van der Waals surface area contributed by atoms with Gasteiger partial charge in [0, 0.05) is 19.3 Å². The highest BCUT2D eigenvalue weighted by molar-refractivity contribution is 5.61. The summed E-state index contributed by atoms with van der Waals surface area (Å²) < 4.78 is 0. The van der Waals surface area contributed by atoms with Crippen molar-refractivity contribution in [1.29, 1.82) is 5.26 Å². The molecule has 6 heteroatoms. The quantitative estimate of drug-likeness (QED) is 0.651. The van der Waals surface area contributed by atoms with Crippen molar-refractivity contribution >= 4 is 17.3 Å². The van der Waals surface area contributed by atoms with E-state index in [4.69, 9.17) is 5.26 Å². The smallest absolute Gasteiger partial charge is 0.182 e. The molecule has 0 aromatic carbocycles. The Balaban J connectivity index is 2.36. The van der Waals surface area contributed by atoms with Crippen molar-refractivity contribution in [2.75, 3.05) is 17.3 Å². The van der Waals surface area contributed by atoms with Crippen LogP contribution in [0, 0.1) is 18.4 Å². The topological polar surface area (TPSA) is 77.7 Å². The number of aromatic nitrogens is 3. The Morgan fingerprint density at radius 1 is 1.39 bits per heavy atom. The zero-order valence-electron chi connectivity index (χ0n) is 10.1. The van der Waals surface area contributed by atoms with Crippen molar-refractivity contribution in [3.63, 3.8) is 0 Å². The normalized spacial score (nSPS) is 9.61. The molecule has 0 aliphatic heterocycles. The van der Waals surface area contributed by atoms with Crippen LogP contribution in [0.1, 0.15) is 5.82 Å². The van der Waals surface area contributed by atoms with Crippen molar-refractivity contribution in [3.05, 3.63) is 36.4 Å². The van der Waals surface area contributed by atoms with Gasteiger partial charge in [-0.3, -0.25) is 10.3 Å². The van der Waals surface area contributed by atoms with E-state index in [9.17, 15) is 0 Å². The molecule has 0 atom stereocenters. The van der Waals surface area contributed by atoms with Crippen LogP contribution in [-0.2, 0) is 0 Å². The van der Waals surface area contributed by atoms with E-state index in [2.05, 4.69) is 20.3 Å². The Hall–Kier alpha value is -2.68. The third kappa shape index (κ3) is 2.52. The molecule has 2 heterocycles. The molecule has 0 bridgehead atoms. The van der Waals surface area contributed by atoms with Gasteiger partial charge in [0.1, 0.15) is 17.5 Å². The predicted molar refractivity (Wildman–Crippen MR) is 68.3 cm³/mol. The first kappa shape index (κ1) is 11.8. The summed E-state index contributed by atoms with van der Waals surface area (Å²) in [5.74, 6) is 1.78. The number of rotatable bonds is 3. The fourth-order valence-electron chi connectivity index (χ4n) is 1.53. The molecule has 0 saturated heterocycles. The van der Waals surface area contributed by atoms with Gasteiger partial charge in [-0.25, -0.2) is 9.97 Å². The molecule has 2 aromatic rings. The SMILES string of the molecule is Cc1nc(NC#N)cc(N(C)c2cccnc2)n1. The number of hydrogen-bond donors (Lipinski definition) is 1. The predicted octanol–water partition coefficient (Wildman–Crippen LogP) is 1.84. The van der Waals surface area contributed by atoms with E-state index < -0.39 is 0 Å². The third-order valence-corrected chi connectivity index (χ3v) is 2.39. The minimum atomic E-state index is 0.482. The summed E-state index contributed by atoms with van der Waals surface area (Å²) in [6, 6.07) is 5.50. The zero-order chi connectivity index (χ0) is 13.0. The Labute approximate surface area is 105 Å². The first-order chi connectivity index (χ1) is 8.70. The van der Waals surface area contributed by atoms with E-state index in [0.29, 0.717) is 17.5 Å². The standard InChI is InChI=1S/C12H12N6/c1-9-16-11(15-8-13)6-12(17-9)18(2)10-4-3-5-14-7-10/h3-7H,1-2H3,(H,15,16,17). The van der Waals surface area contributed by atoms with E-state index >= 15 is 0 Å². The maximum absolute atomic E-state index is 8.61. The first-order valence-corrected chi connectivity index (χ1v) is 5.35. The molecule has 0 saturated carbocycles. The highest BCUT2D eigenvalue weighted by Gasteiger charge is 2.08. The Kier molecular flexibility index (Phi) is 3.34. The number of pyridine rings is 1. The first-order valence-electron chi connectivity index (χ1n) is 5.35. The second kappa shape index (κ2) is 5.10. The second-order valence-corrected chi connectivity index (χ2v) is 3.67. The van der Waals surface area contributed by atoms with E-state index in [1.165, 1.54) is 0 Å². The minimum Gasteiger partial charge on any atom is -0.328 e. The molecule has 0 spiro atoms. The summed E-state index contributed by atoms with van der Waals surface area (Å²) in [7, 11) is 1.88. The fraction of sp³-hybridized carbons (Fsp3) is 0.167. The van der Waals surface area contributed by atoms with Crippen LogP contribution in [-0.4, -0.2) is 22.0 Å². The largest absolute Gasteiger partial charge is 0.328 e. The summed E-state index contributed by atoms with van der Waals surface area (Å²) >= 11 is 0. The van der Waals surface area contributed by atoms with Crippen LogP contribution in [0.2, 0.25) is 0 Å². The lowest BCUT2D eigenvalue weighted by Gasteiger charge is -2.18. The molecule has 0 fully saturated rings. The van der Waals surface area contributed by atoms with Crippen LogP contribution in [0.25, 0.3) is 0 Å². The molecule has 0 aliphatic rings. The van der Waals surface area contributed by atoms with Gasteiger partial charge in [-0.2, -0.15) is 5.26 Å². The molecule has 0 aliphatic carbocycles. The van der Waals surface area contributed by atoms with Gasteiger partial charge in [0.25, 0.3) is 0 Å². The molecule has 18 heavy (non-hydrogen) atoms. The lowest BCUT2D eigenvalue weighted by atomic mass is 10.3. The van der Waals surface area contributed by atoms with E-state index in [0.717, 1.165) is 5.69 Å². The van der Waals surface area contributed by atoms with Gasteiger partial charge in [0.2, 0.25) is 0 Å². The highest BCUT2D eigenvalue weighted by Crippen LogP contribution is 2.22. The zero-order valence-corrected chi connectivity index (χ0v) is 10.1. The number of nitriles is 1. The van der Waals surface area contributed by atoms with Crippen LogP contribution in [0.15, 0.2) is 30.6 Å². The second-order valence-electron chi connectivity index (χ2n) is 3.67. The fourth-order valence-corrected chi connectivity index (χ4v) is 1.53. The number of nitrogens with zero attached hydrogens (tertiary/aromatic N) is 5. The van der Waals surface area contributed by atoms with Crippen LogP contribution in [0.4, 0.5) is 17.3 Å². The monoisotopic (exact) mass is 240 g/mol. The molecule has 2 aromatic heterocycles. The van der Waals surface area contributed by atoms with Crippen molar-refractivity contribution in [3.8, 4) is 6.19 Å². The Morgan fingerprint density at radius 3 is 2.89 bits per heavy atom. The summed E-state index contributed by atoms with van der Waals surface area (Å²) in [4.78, 5) is 14.4. The van der Waals surface area contributed by atoms with Crippen LogP contribution in [0.5, 0.6) is 0 Å². The van der Waals surface area contributed by atoms with E-state index in [-0.39, 0.29) is 0 Å². The molecule has 2 rings (SSSR count). The molecule has 0 radical (unpaired) electrons. The summed E-state index contributed by atoms with van der Waals surface area (Å²) in [5, 5.41) is 11.1. The molecule has 6 nitrogen and oxygen atoms in total. The van der Waals surface area contributed by atoms with Crippen molar-refractivity contribution in [2.45, 2.75) is 6.92 Å². The van der Waals surface area contributed by atoms with Crippen LogP contribution < -0.4 is 10.2 Å². The van der Waals surface area contributed by atoms with Gasteiger partial charge in [0.15, 0.2) is 6.19 Å². The number of hydrogen-bond acceptors (Lipinski definition) is 6. The summed E-state index contributed by atoms with van der Waals surface area (Å²) in [5.41, 5.74) is 0.915. The minimum absolute atomic E-state index is 0.482. The van der Waals surface area contributed by atoms with Gasteiger partial charge >= 0.3 is 0 Å². The van der Waals surface area contributed by atoms with Gasteiger partial charge < -0.3 is 4.90 Å². The van der Waals surface area contributed by atoms with E-state index in [1.54, 1.807) is 25.4 Å². The lowest BCUT2D eigenvalue weighted by Crippen LogP contribution is -2.13. The summed E-state index contributed by atoms with van der Waals surface area (Å²) in [6.07, 6.45) is 5.30. The summed E-state index contributed by atoms with van der Waals surface area (Å²) in [6.45, 7) is 1.78. The van der Waals surface area contributed by atoms with Gasteiger partial charge in [-0.1, -0.05) is 0 Å². The van der Waals surface area contributed by atoms with Gasteiger partial charge in [-0.15, -0.1) is 0 Å². The van der Waals surface area contributed by atoms with Crippen LogP contribution in [0.3, 0.4) is 0 Å². The molecule has 0 unspecified atom stereocenters. The number of anilines is 3.